The van der Waals surface area contributed by atoms with E-state index in [4.69, 9.17) is 9.47 Å². The normalized spacial score (nSPS) is 11.5. The molecule has 3 aromatic carbocycles. The minimum atomic E-state index is -0.177. The van der Waals surface area contributed by atoms with Gasteiger partial charge in [0.2, 0.25) is 0 Å². The summed E-state index contributed by atoms with van der Waals surface area (Å²) in [4.78, 5) is 12.7. The second kappa shape index (κ2) is 9.60. The lowest BCUT2D eigenvalue weighted by atomic mass is 10.1. The number of para-hydroxylation sites is 1. The van der Waals surface area contributed by atoms with Crippen molar-refractivity contribution in [2.45, 2.75) is 26.5 Å². The van der Waals surface area contributed by atoms with Gasteiger partial charge in [-0.25, -0.2) is 0 Å². The molecule has 4 heteroatoms. The summed E-state index contributed by atoms with van der Waals surface area (Å²) >= 11 is 0. The Morgan fingerprint density at radius 3 is 2.32 bits per heavy atom. The molecule has 1 amide bonds. The number of nitrogens with one attached hydrogen (secondary N) is 1. The summed E-state index contributed by atoms with van der Waals surface area (Å²) in [6.45, 7) is 4.75. The van der Waals surface area contributed by atoms with Crippen LogP contribution in [-0.4, -0.2) is 18.6 Å². The number of carbonyl (C=O) groups excluding carboxylic acids is 1. The summed E-state index contributed by atoms with van der Waals surface area (Å²) in [5, 5.41) is 2.97. The zero-order chi connectivity index (χ0) is 19.8. The first-order valence-corrected chi connectivity index (χ1v) is 9.38. The number of rotatable bonds is 8. The van der Waals surface area contributed by atoms with Crippen LogP contribution in [0.4, 0.5) is 0 Å². The van der Waals surface area contributed by atoms with Crippen LogP contribution in [0.25, 0.3) is 0 Å². The van der Waals surface area contributed by atoms with E-state index < -0.39 is 0 Å². The van der Waals surface area contributed by atoms with E-state index in [2.05, 4.69) is 5.32 Å². The molecule has 0 aliphatic rings. The zero-order valence-electron chi connectivity index (χ0n) is 16.2. The molecule has 0 saturated heterocycles. The third kappa shape index (κ3) is 5.61. The van der Waals surface area contributed by atoms with Crippen molar-refractivity contribution in [2.75, 3.05) is 6.61 Å². The van der Waals surface area contributed by atoms with E-state index in [0.29, 0.717) is 24.5 Å². The first-order chi connectivity index (χ1) is 13.6. The van der Waals surface area contributed by atoms with Crippen molar-refractivity contribution in [2.24, 2.45) is 0 Å². The summed E-state index contributed by atoms with van der Waals surface area (Å²) in [6, 6.07) is 24.9. The SMILES string of the molecule is Cc1ccc(OCC(C)NC(=O)c2ccccc2OCc2ccccc2)cc1. The van der Waals surface area contributed by atoms with E-state index in [1.165, 1.54) is 5.56 Å². The van der Waals surface area contributed by atoms with Gasteiger partial charge < -0.3 is 14.8 Å². The van der Waals surface area contributed by atoms with E-state index in [-0.39, 0.29) is 11.9 Å². The second-order valence-electron chi connectivity index (χ2n) is 6.77. The third-order valence-corrected chi connectivity index (χ3v) is 4.27. The summed E-state index contributed by atoms with van der Waals surface area (Å²) in [5.74, 6) is 1.18. The van der Waals surface area contributed by atoms with Crippen LogP contribution in [0.15, 0.2) is 78.9 Å². The van der Waals surface area contributed by atoms with Crippen molar-refractivity contribution in [1.29, 1.82) is 0 Å². The van der Waals surface area contributed by atoms with Crippen molar-refractivity contribution >= 4 is 5.91 Å². The molecular formula is C24H25NO3. The Balaban J connectivity index is 1.56. The molecule has 0 aliphatic heterocycles. The molecule has 0 aliphatic carbocycles. The Labute approximate surface area is 166 Å². The predicted molar refractivity (Wildman–Crippen MR) is 111 cm³/mol. The molecule has 0 heterocycles. The van der Waals surface area contributed by atoms with Crippen LogP contribution < -0.4 is 14.8 Å². The maximum Gasteiger partial charge on any atom is 0.255 e. The largest absolute Gasteiger partial charge is 0.491 e. The minimum Gasteiger partial charge on any atom is -0.491 e. The highest BCUT2D eigenvalue weighted by Crippen LogP contribution is 2.19. The van der Waals surface area contributed by atoms with Gasteiger partial charge in [-0.1, -0.05) is 60.2 Å². The smallest absolute Gasteiger partial charge is 0.255 e. The summed E-state index contributed by atoms with van der Waals surface area (Å²) in [7, 11) is 0. The van der Waals surface area contributed by atoms with E-state index >= 15 is 0 Å². The molecule has 0 radical (unpaired) electrons. The van der Waals surface area contributed by atoms with Crippen LogP contribution in [0.1, 0.15) is 28.4 Å². The van der Waals surface area contributed by atoms with Crippen molar-refractivity contribution in [1.82, 2.24) is 5.32 Å². The molecule has 0 aromatic heterocycles. The van der Waals surface area contributed by atoms with Crippen molar-refractivity contribution in [3.8, 4) is 11.5 Å². The summed E-state index contributed by atoms with van der Waals surface area (Å²) in [5.41, 5.74) is 2.75. The van der Waals surface area contributed by atoms with E-state index in [0.717, 1.165) is 11.3 Å². The first kappa shape index (κ1) is 19.5. The fourth-order valence-corrected chi connectivity index (χ4v) is 2.71. The highest BCUT2D eigenvalue weighted by Gasteiger charge is 2.15. The molecule has 1 N–H and O–H groups in total. The summed E-state index contributed by atoms with van der Waals surface area (Å²) in [6.07, 6.45) is 0. The maximum atomic E-state index is 12.7. The average molecular weight is 375 g/mol. The second-order valence-corrected chi connectivity index (χ2v) is 6.77. The van der Waals surface area contributed by atoms with Gasteiger partial charge in [0.25, 0.3) is 5.91 Å². The van der Waals surface area contributed by atoms with E-state index in [1.54, 1.807) is 6.07 Å². The highest BCUT2D eigenvalue weighted by molar-refractivity contribution is 5.97. The number of benzene rings is 3. The summed E-state index contributed by atoms with van der Waals surface area (Å²) < 4.78 is 11.6. The highest BCUT2D eigenvalue weighted by atomic mass is 16.5. The minimum absolute atomic E-state index is 0.143. The number of carbonyl (C=O) groups is 1. The van der Waals surface area contributed by atoms with Gasteiger partial charge in [-0.3, -0.25) is 4.79 Å². The molecular weight excluding hydrogens is 350 g/mol. The molecule has 3 rings (SSSR count). The number of ether oxygens (including phenoxy) is 2. The lowest BCUT2D eigenvalue weighted by Crippen LogP contribution is -2.37. The van der Waals surface area contributed by atoms with Crippen molar-refractivity contribution < 1.29 is 14.3 Å². The molecule has 0 saturated carbocycles. The fraction of sp³-hybridized carbons (Fsp3) is 0.208. The quantitative estimate of drug-likeness (QED) is 0.617. The van der Waals surface area contributed by atoms with Crippen LogP contribution in [0.3, 0.4) is 0 Å². The van der Waals surface area contributed by atoms with E-state index in [1.807, 2.05) is 86.6 Å². The Kier molecular flexibility index (Phi) is 6.68. The zero-order valence-corrected chi connectivity index (χ0v) is 16.2. The Hall–Kier alpha value is -3.27. The number of amides is 1. The number of hydrogen-bond acceptors (Lipinski definition) is 3. The molecule has 144 valence electrons. The Morgan fingerprint density at radius 2 is 1.57 bits per heavy atom. The van der Waals surface area contributed by atoms with Crippen LogP contribution >= 0.6 is 0 Å². The standard InChI is InChI=1S/C24H25NO3/c1-18-12-14-21(15-13-18)27-16-19(2)25-24(26)22-10-6-7-11-23(22)28-17-20-8-4-3-5-9-20/h3-15,19H,16-17H2,1-2H3,(H,25,26). The van der Waals surface area contributed by atoms with Gasteiger partial charge in [-0.05, 0) is 43.7 Å². The number of hydrogen-bond donors (Lipinski definition) is 1. The molecule has 4 nitrogen and oxygen atoms in total. The molecule has 1 unspecified atom stereocenters. The third-order valence-electron chi connectivity index (χ3n) is 4.27. The van der Waals surface area contributed by atoms with Crippen LogP contribution in [0, 0.1) is 6.92 Å². The van der Waals surface area contributed by atoms with Gasteiger partial charge in [-0.15, -0.1) is 0 Å². The molecule has 3 aromatic rings. The predicted octanol–water partition coefficient (Wildman–Crippen LogP) is 4.77. The van der Waals surface area contributed by atoms with Crippen LogP contribution in [0.2, 0.25) is 0 Å². The van der Waals surface area contributed by atoms with Gasteiger partial charge >= 0.3 is 0 Å². The Bertz CT molecular complexity index is 891. The number of aryl methyl sites for hydroxylation is 1. The topological polar surface area (TPSA) is 47.6 Å². The lowest BCUT2D eigenvalue weighted by molar-refractivity contribution is 0.0922. The molecule has 0 bridgehead atoms. The lowest BCUT2D eigenvalue weighted by Gasteiger charge is -2.17. The van der Waals surface area contributed by atoms with Crippen LogP contribution in [-0.2, 0) is 6.61 Å². The van der Waals surface area contributed by atoms with Gasteiger partial charge in [0.15, 0.2) is 0 Å². The van der Waals surface area contributed by atoms with Crippen LogP contribution in [0.5, 0.6) is 11.5 Å². The van der Waals surface area contributed by atoms with Gasteiger partial charge in [0, 0.05) is 0 Å². The molecule has 1 atom stereocenters. The van der Waals surface area contributed by atoms with Gasteiger partial charge in [0.1, 0.15) is 24.7 Å². The monoisotopic (exact) mass is 375 g/mol. The van der Waals surface area contributed by atoms with Gasteiger partial charge in [-0.2, -0.15) is 0 Å². The van der Waals surface area contributed by atoms with Crippen molar-refractivity contribution in [3.05, 3.63) is 95.6 Å². The van der Waals surface area contributed by atoms with Crippen molar-refractivity contribution in [3.63, 3.8) is 0 Å². The first-order valence-electron chi connectivity index (χ1n) is 9.38. The van der Waals surface area contributed by atoms with E-state index in [9.17, 15) is 4.79 Å². The maximum absolute atomic E-state index is 12.7. The molecule has 28 heavy (non-hydrogen) atoms. The molecule has 0 fully saturated rings. The molecule has 0 spiro atoms. The Morgan fingerprint density at radius 1 is 0.893 bits per heavy atom. The van der Waals surface area contributed by atoms with Gasteiger partial charge in [0.05, 0.1) is 11.6 Å². The average Bonchev–Trinajstić information content (AvgIpc) is 2.73. The fourth-order valence-electron chi connectivity index (χ4n) is 2.71.